The Balaban J connectivity index is 2.42. The number of hydrogen-bond acceptors (Lipinski definition) is 5. The second-order valence-electron chi connectivity index (χ2n) is 3.22. The molecule has 8 heteroatoms. The van der Waals surface area contributed by atoms with Gasteiger partial charge in [0.25, 0.3) is 5.91 Å². The second-order valence-corrected chi connectivity index (χ2v) is 3.97. The number of carbonyl (C=O) groups excluding carboxylic acids is 1. The Hall–Kier alpha value is -1.96. The number of amides is 1. The van der Waals surface area contributed by atoms with Crippen molar-refractivity contribution < 1.29 is 4.79 Å². The zero-order valence-corrected chi connectivity index (χ0v) is 10.5. The number of rotatable bonds is 3. The van der Waals surface area contributed by atoms with Crippen LogP contribution in [-0.4, -0.2) is 25.7 Å². The molecule has 0 aromatic carbocycles. The lowest BCUT2D eigenvalue weighted by Gasteiger charge is -2.06. The Morgan fingerprint density at radius 2 is 2.29 bits per heavy atom. The average molecular weight is 297 g/mol. The topological polar surface area (TPSA) is 98.7 Å². The molecule has 0 aliphatic carbocycles. The minimum Gasteiger partial charge on any atom is -0.365 e. The molecule has 2 aromatic heterocycles. The summed E-state index contributed by atoms with van der Waals surface area (Å²) >= 11 is 3.17. The van der Waals surface area contributed by atoms with E-state index in [0.29, 0.717) is 16.2 Å². The Labute approximate surface area is 105 Å². The number of aromatic nitrogens is 4. The lowest BCUT2D eigenvalue weighted by molar-refractivity contribution is 0.100. The van der Waals surface area contributed by atoms with Crippen LogP contribution in [0.4, 0.5) is 11.6 Å². The van der Waals surface area contributed by atoms with E-state index in [-0.39, 0.29) is 5.56 Å². The first-order chi connectivity index (χ1) is 8.09. The monoisotopic (exact) mass is 296 g/mol. The van der Waals surface area contributed by atoms with E-state index in [1.165, 1.54) is 17.1 Å². The fourth-order valence-corrected chi connectivity index (χ4v) is 1.96. The Kier molecular flexibility index (Phi) is 3.05. The number of carbonyl (C=O) groups is 1. The van der Waals surface area contributed by atoms with E-state index in [2.05, 4.69) is 36.3 Å². The van der Waals surface area contributed by atoms with Gasteiger partial charge in [-0.25, -0.2) is 4.98 Å². The SMILES string of the molecule is Cn1nc(Br)c(C(N)=O)c1Nc1cnccn1. The molecule has 0 bridgehead atoms. The smallest absolute Gasteiger partial charge is 0.255 e. The van der Waals surface area contributed by atoms with Crippen LogP contribution in [-0.2, 0) is 7.05 Å². The first-order valence-corrected chi connectivity index (χ1v) is 5.44. The van der Waals surface area contributed by atoms with Gasteiger partial charge in [0.1, 0.15) is 21.8 Å². The summed E-state index contributed by atoms with van der Waals surface area (Å²) < 4.78 is 1.89. The van der Waals surface area contributed by atoms with Crippen molar-refractivity contribution in [1.29, 1.82) is 0 Å². The molecule has 2 rings (SSSR count). The van der Waals surface area contributed by atoms with Crippen molar-refractivity contribution in [3.8, 4) is 0 Å². The molecule has 0 unspecified atom stereocenters. The first-order valence-electron chi connectivity index (χ1n) is 4.65. The van der Waals surface area contributed by atoms with Gasteiger partial charge in [-0.1, -0.05) is 0 Å². The molecule has 0 saturated carbocycles. The third kappa shape index (κ3) is 2.26. The van der Waals surface area contributed by atoms with Crippen LogP contribution < -0.4 is 11.1 Å². The van der Waals surface area contributed by atoms with Gasteiger partial charge in [0.2, 0.25) is 0 Å². The summed E-state index contributed by atoms with van der Waals surface area (Å²) in [5.74, 6) is 0.395. The van der Waals surface area contributed by atoms with Gasteiger partial charge < -0.3 is 11.1 Å². The van der Waals surface area contributed by atoms with Gasteiger partial charge in [0.05, 0.1) is 6.20 Å². The van der Waals surface area contributed by atoms with Gasteiger partial charge in [0, 0.05) is 19.4 Å². The summed E-state index contributed by atoms with van der Waals surface area (Å²) in [5.41, 5.74) is 5.56. The van der Waals surface area contributed by atoms with Crippen LogP contribution in [0.2, 0.25) is 0 Å². The number of hydrogen-bond donors (Lipinski definition) is 2. The maximum atomic E-state index is 11.3. The molecule has 0 fully saturated rings. The van der Waals surface area contributed by atoms with Crippen LogP contribution in [0.15, 0.2) is 23.2 Å². The van der Waals surface area contributed by atoms with E-state index in [0.717, 1.165) is 0 Å². The molecular weight excluding hydrogens is 288 g/mol. The third-order valence-electron chi connectivity index (χ3n) is 2.06. The van der Waals surface area contributed by atoms with E-state index >= 15 is 0 Å². The van der Waals surface area contributed by atoms with E-state index in [4.69, 9.17) is 5.73 Å². The number of halogens is 1. The van der Waals surface area contributed by atoms with Crippen LogP contribution in [0.25, 0.3) is 0 Å². The fourth-order valence-electron chi connectivity index (χ4n) is 1.34. The standard InChI is InChI=1S/C9H9BrN6O/c1-16-9(6(8(11)17)7(10)15-16)14-5-4-12-2-3-13-5/h2-4H,1H3,(H2,11,17)(H,13,14). The summed E-state index contributed by atoms with van der Waals surface area (Å²) in [6, 6.07) is 0. The van der Waals surface area contributed by atoms with Gasteiger partial charge in [-0.3, -0.25) is 14.5 Å². The molecule has 2 heterocycles. The molecule has 2 aromatic rings. The molecule has 17 heavy (non-hydrogen) atoms. The summed E-state index contributed by atoms with van der Waals surface area (Å²) in [7, 11) is 1.69. The second kappa shape index (κ2) is 4.50. The van der Waals surface area contributed by atoms with Crippen LogP contribution in [0.5, 0.6) is 0 Å². The van der Waals surface area contributed by atoms with Crippen LogP contribution >= 0.6 is 15.9 Å². The van der Waals surface area contributed by atoms with Crippen LogP contribution in [0.1, 0.15) is 10.4 Å². The molecule has 0 atom stereocenters. The van der Waals surface area contributed by atoms with Gasteiger partial charge in [-0.15, -0.1) is 0 Å². The highest BCUT2D eigenvalue weighted by atomic mass is 79.9. The number of anilines is 2. The molecule has 0 saturated heterocycles. The van der Waals surface area contributed by atoms with Crippen LogP contribution in [0, 0.1) is 0 Å². The Morgan fingerprint density at radius 1 is 1.53 bits per heavy atom. The highest BCUT2D eigenvalue weighted by molar-refractivity contribution is 9.10. The molecular formula is C9H9BrN6O. The third-order valence-corrected chi connectivity index (χ3v) is 2.62. The average Bonchev–Trinajstić information content (AvgIpc) is 2.55. The lowest BCUT2D eigenvalue weighted by Crippen LogP contribution is -2.14. The minimum atomic E-state index is -0.573. The molecule has 0 radical (unpaired) electrons. The Morgan fingerprint density at radius 3 is 2.88 bits per heavy atom. The summed E-state index contributed by atoms with van der Waals surface area (Å²) in [6.45, 7) is 0. The van der Waals surface area contributed by atoms with Crippen LogP contribution in [0.3, 0.4) is 0 Å². The quantitative estimate of drug-likeness (QED) is 0.873. The highest BCUT2D eigenvalue weighted by Crippen LogP contribution is 2.25. The molecule has 0 aliphatic rings. The molecule has 88 valence electrons. The normalized spacial score (nSPS) is 10.2. The maximum Gasteiger partial charge on any atom is 0.255 e. The van der Waals surface area contributed by atoms with Crippen molar-refractivity contribution in [2.24, 2.45) is 12.8 Å². The zero-order valence-electron chi connectivity index (χ0n) is 8.88. The largest absolute Gasteiger partial charge is 0.365 e. The highest BCUT2D eigenvalue weighted by Gasteiger charge is 2.19. The van der Waals surface area contributed by atoms with Gasteiger partial charge in [0.15, 0.2) is 0 Å². The lowest BCUT2D eigenvalue weighted by atomic mass is 10.3. The molecule has 1 amide bonds. The van der Waals surface area contributed by atoms with Gasteiger partial charge >= 0.3 is 0 Å². The predicted molar refractivity (Wildman–Crippen MR) is 64.7 cm³/mol. The van der Waals surface area contributed by atoms with E-state index < -0.39 is 5.91 Å². The molecule has 0 aliphatic heterocycles. The van der Waals surface area contributed by atoms with E-state index in [9.17, 15) is 4.79 Å². The number of nitrogens with zero attached hydrogens (tertiary/aromatic N) is 4. The van der Waals surface area contributed by atoms with E-state index in [1.807, 2.05) is 0 Å². The van der Waals surface area contributed by atoms with E-state index in [1.54, 1.807) is 13.2 Å². The number of primary amides is 1. The minimum absolute atomic E-state index is 0.276. The predicted octanol–water partition coefficient (Wildman–Crippen LogP) is 0.815. The van der Waals surface area contributed by atoms with Crippen molar-refractivity contribution in [2.75, 3.05) is 5.32 Å². The maximum absolute atomic E-state index is 11.3. The molecule has 3 N–H and O–H groups in total. The van der Waals surface area contributed by atoms with Gasteiger partial charge in [-0.05, 0) is 15.9 Å². The van der Waals surface area contributed by atoms with Crippen molar-refractivity contribution >= 4 is 33.5 Å². The summed E-state index contributed by atoms with van der Waals surface area (Å²) in [6.07, 6.45) is 4.63. The Bertz CT molecular complexity index is 552. The number of nitrogens with one attached hydrogen (secondary N) is 1. The first kappa shape index (κ1) is 11.5. The summed E-state index contributed by atoms with van der Waals surface area (Å²) in [5, 5.41) is 6.99. The molecule has 0 spiro atoms. The van der Waals surface area contributed by atoms with Crippen molar-refractivity contribution in [2.45, 2.75) is 0 Å². The molecule has 7 nitrogen and oxygen atoms in total. The number of nitrogens with two attached hydrogens (primary N) is 1. The van der Waals surface area contributed by atoms with Crippen molar-refractivity contribution in [3.63, 3.8) is 0 Å². The zero-order chi connectivity index (χ0) is 12.4. The fraction of sp³-hybridized carbons (Fsp3) is 0.111. The van der Waals surface area contributed by atoms with Gasteiger partial charge in [-0.2, -0.15) is 5.10 Å². The summed E-state index contributed by atoms with van der Waals surface area (Å²) in [4.78, 5) is 19.3. The number of aryl methyl sites for hydroxylation is 1. The van der Waals surface area contributed by atoms with Crippen molar-refractivity contribution in [1.82, 2.24) is 19.7 Å². The van der Waals surface area contributed by atoms with Crippen molar-refractivity contribution in [3.05, 3.63) is 28.8 Å².